The number of carbonyl (C=O) groups is 1. The fourth-order valence-electron chi connectivity index (χ4n) is 2.02. The van der Waals surface area contributed by atoms with E-state index in [1.807, 2.05) is 18.2 Å². The molecule has 0 radical (unpaired) electrons. The van der Waals surface area contributed by atoms with Gasteiger partial charge in [0.25, 0.3) is 0 Å². The molecule has 0 spiro atoms. The summed E-state index contributed by atoms with van der Waals surface area (Å²) in [5, 5.41) is 0. The van der Waals surface area contributed by atoms with E-state index in [1.165, 1.54) is 6.07 Å². The molecule has 0 fully saturated rings. The van der Waals surface area contributed by atoms with Gasteiger partial charge in [-0.15, -0.1) is 0 Å². The Labute approximate surface area is 111 Å². The van der Waals surface area contributed by atoms with Crippen LogP contribution in [-0.4, -0.2) is 13.4 Å². The maximum atomic E-state index is 13.6. The van der Waals surface area contributed by atoms with Crippen LogP contribution in [0.5, 0.6) is 5.75 Å². The summed E-state index contributed by atoms with van der Waals surface area (Å²) in [6, 6.07) is 13.8. The summed E-state index contributed by atoms with van der Waals surface area (Å²) >= 11 is 0. The van der Waals surface area contributed by atoms with Crippen LogP contribution in [-0.2, 0) is 11.2 Å². The predicted molar refractivity (Wildman–Crippen MR) is 71.9 cm³/mol. The fourth-order valence-corrected chi connectivity index (χ4v) is 2.02. The number of rotatable bonds is 5. The van der Waals surface area contributed by atoms with E-state index in [0.29, 0.717) is 17.7 Å². The van der Waals surface area contributed by atoms with Crippen molar-refractivity contribution in [2.45, 2.75) is 12.3 Å². The number of benzene rings is 2. The van der Waals surface area contributed by atoms with Crippen molar-refractivity contribution in [3.8, 4) is 5.75 Å². The molecule has 19 heavy (non-hydrogen) atoms. The molecule has 2 aromatic rings. The van der Waals surface area contributed by atoms with Crippen LogP contribution in [0, 0.1) is 5.82 Å². The molecule has 98 valence electrons. The zero-order valence-electron chi connectivity index (χ0n) is 10.7. The number of hydrogen-bond donors (Lipinski definition) is 0. The maximum absolute atomic E-state index is 13.6. The minimum absolute atomic E-state index is 0.280. The number of carbonyl (C=O) groups excluding carboxylic acids is 1. The molecule has 0 aliphatic carbocycles. The van der Waals surface area contributed by atoms with E-state index in [0.717, 1.165) is 11.8 Å². The Hall–Kier alpha value is -2.16. The molecule has 1 unspecified atom stereocenters. The van der Waals surface area contributed by atoms with Gasteiger partial charge in [0.05, 0.1) is 7.11 Å². The zero-order valence-corrected chi connectivity index (χ0v) is 10.7. The SMILES string of the molecule is COc1cccc(C(C=O)Cc2ccccc2F)c1. The van der Waals surface area contributed by atoms with Crippen molar-refractivity contribution in [2.24, 2.45) is 0 Å². The van der Waals surface area contributed by atoms with Gasteiger partial charge in [-0.1, -0.05) is 30.3 Å². The monoisotopic (exact) mass is 258 g/mol. The third-order valence-corrected chi connectivity index (χ3v) is 3.08. The van der Waals surface area contributed by atoms with Crippen molar-refractivity contribution < 1.29 is 13.9 Å². The summed E-state index contributed by atoms with van der Waals surface area (Å²) < 4.78 is 18.7. The average molecular weight is 258 g/mol. The van der Waals surface area contributed by atoms with Crippen molar-refractivity contribution in [3.05, 3.63) is 65.5 Å². The first-order valence-corrected chi connectivity index (χ1v) is 6.07. The van der Waals surface area contributed by atoms with Gasteiger partial charge in [-0.3, -0.25) is 0 Å². The summed E-state index contributed by atoms with van der Waals surface area (Å²) in [5.41, 5.74) is 1.38. The highest BCUT2D eigenvalue weighted by molar-refractivity contribution is 5.63. The van der Waals surface area contributed by atoms with Crippen LogP contribution in [0.1, 0.15) is 17.0 Å². The molecule has 0 heterocycles. The summed E-state index contributed by atoms with van der Waals surface area (Å²) in [4.78, 5) is 11.3. The second-order valence-electron chi connectivity index (χ2n) is 4.31. The van der Waals surface area contributed by atoms with Gasteiger partial charge in [0, 0.05) is 5.92 Å². The Morgan fingerprint density at radius 1 is 1.21 bits per heavy atom. The largest absolute Gasteiger partial charge is 0.497 e. The normalized spacial score (nSPS) is 11.9. The molecule has 2 rings (SSSR count). The van der Waals surface area contributed by atoms with E-state index in [2.05, 4.69) is 0 Å². The number of ether oxygens (including phenoxy) is 1. The molecule has 0 N–H and O–H groups in total. The van der Waals surface area contributed by atoms with Crippen LogP contribution in [0.25, 0.3) is 0 Å². The standard InChI is InChI=1S/C16H15FO2/c1-19-15-7-4-6-12(10-15)14(11-18)9-13-5-2-3-8-16(13)17/h2-8,10-11,14H,9H2,1H3. The van der Waals surface area contributed by atoms with Crippen molar-refractivity contribution in [2.75, 3.05) is 7.11 Å². The quantitative estimate of drug-likeness (QED) is 0.769. The van der Waals surface area contributed by atoms with Crippen molar-refractivity contribution in [1.82, 2.24) is 0 Å². The van der Waals surface area contributed by atoms with Gasteiger partial charge in [0.1, 0.15) is 17.9 Å². The van der Waals surface area contributed by atoms with Crippen LogP contribution in [0.3, 0.4) is 0 Å². The molecular weight excluding hydrogens is 243 g/mol. The van der Waals surface area contributed by atoms with Crippen LogP contribution in [0.2, 0.25) is 0 Å². The van der Waals surface area contributed by atoms with E-state index in [-0.39, 0.29) is 11.7 Å². The molecule has 1 atom stereocenters. The summed E-state index contributed by atoms with van der Waals surface area (Å²) in [5.74, 6) is 0.0436. The number of hydrogen-bond acceptors (Lipinski definition) is 2. The van der Waals surface area contributed by atoms with E-state index in [4.69, 9.17) is 4.74 Å². The highest BCUT2D eigenvalue weighted by Crippen LogP contribution is 2.23. The minimum atomic E-state index is -0.369. The molecule has 0 saturated carbocycles. The lowest BCUT2D eigenvalue weighted by Crippen LogP contribution is -2.06. The van der Waals surface area contributed by atoms with Crippen LogP contribution in [0.4, 0.5) is 4.39 Å². The van der Waals surface area contributed by atoms with Gasteiger partial charge in [-0.05, 0) is 35.7 Å². The van der Waals surface area contributed by atoms with Crippen LogP contribution >= 0.6 is 0 Å². The van der Waals surface area contributed by atoms with Gasteiger partial charge < -0.3 is 9.53 Å². The fraction of sp³-hybridized carbons (Fsp3) is 0.188. The van der Waals surface area contributed by atoms with E-state index in [9.17, 15) is 9.18 Å². The maximum Gasteiger partial charge on any atom is 0.127 e. The average Bonchev–Trinajstić information content (AvgIpc) is 2.46. The zero-order chi connectivity index (χ0) is 13.7. The van der Waals surface area contributed by atoms with Gasteiger partial charge in [0.15, 0.2) is 0 Å². The van der Waals surface area contributed by atoms with Crippen LogP contribution < -0.4 is 4.74 Å². The van der Waals surface area contributed by atoms with Crippen molar-refractivity contribution in [1.29, 1.82) is 0 Å². The highest BCUT2D eigenvalue weighted by atomic mass is 19.1. The van der Waals surface area contributed by atoms with Gasteiger partial charge in [-0.2, -0.15) is 0 Å². The molecular formula is C16H15FO2. The van der Waals surface area contributed by atoms with E-state index in [1.54, 1.807) is 31.4 Å². The Kier molecular flexibility index (Phi) is 4.29. The Balaban J connectivity index is 2.25. The highest BCUT2D eigenvalue weighted by Gasteiger charge is 2.14. The van der Waals surface area contributed by atoms with Crippen LogP contribution in [0.15, 0.2) is 48.5 Å². The van der Waals surface area contributed by atoms with Crippen molar-refractivity contribution in [3.63, 3.8) is 0 Å². The first-order chi connectivity index (χ1) is 9.24. The second kappa shape index (κ2) is 6.14. The molecule has 0 aliphatic rings. The second-order valence-corrected chi connectivity index (χ2v) is 4.31. The molecule has 0 bridgehead atoms. The van der Waals surface area contributed by atoms with Gasteiger partial charge >= 0.3 is 0 Å². The molecule has 3 heteroatoms. The topological polar surface area (TPSA) is 26.3 Å². The first-order valence-electron chi connectivity index (χ1n) is 6.07. The van der Waals surface area contributed by atoms with E-state index >= 15 is 0 Å². The molecule has 0 aromatic heterocycles. The van der Waals surface area contributed by atoms with E-state index < -0.39 is 0 Å². The van der Waals surface area contributed by atoms with Gasteiger partial charge in [-0.25, -0.2) is 4.39 Å². The Morgan fingerprint density at radius 3 is 2.68 bits per heavy atom. The number of aldehydes is 1. The molecule has 0 saturated heterocycles. The molecule has 0 aliphatic heterocycles. The third-order valence-electron chi connectivity index (χ3n) is 3.08. The third kappa shape index (κ3) is 3.19. The first kappa shape index (κ1) is 13.3. The lowest BCUT2D eigenvalue weighted by Gasteiger charge is -2.12. The molecule has 0 amide bonds. The summed E-state index contributed by atoms with van der Waals surface area (Å²) in [7, 11) is 1.58. The Bertz CT molecular complexity index is 566. The lowest BCUT2D eigenvalue weighted by atomic mass is 9.93. The number of methoxy groups -OCH3 is 1. The smallest absolute Gasteiger partial charge is 0.127 e. The van der Waals surface area contributed by atoms with Crippen molar-refractivity contribution >= 4 is 6.29 Å². The Morgan fingerprint density at radius 2 is 2.00 bits per heavy atom. The minimum Gasteiger partial charge on any atom is -0.497 e. The molecule has 2 aromatic carbocycles. The summed E-state index contributed by atoms with van der Waals surface area (Å²) in [6.45, 7) is 0. The number of halogens is 1. The summed E-state index contributed by atoms with van der Waals surface area (Å²) in [6.07, 6.45) is 1.20. The molecule has 2 nitrogen and oxygen atoms in total. The van der Waals surface area contributed by atoms with Gasteiger partial charge in [0.2, 0.25) is 0 Å². The predicted octanol–water partition coefficient (Wildman–Crippen LogP) is 3.36. The lowest BCUT2D eigenvalue weighted by molar-refractivity contribution is -0.109.